The van der Waals surface area contributed by atoms with Gasteiger partial charge < -0.3 is 24.8 Å². The lowest BCUT2D eigenvalue weighted by molar-refractivity contribution is -0.211. The number of aliphatic hydroxyl groups excluding tert-OH is 3. The number of rotatable bonds is 13. The molecule has 0 aromatic rings. The van der Waals surface area contributed by atoms with Crippen molar-refractivity contribution in [3.05, 3.63) is 12.2 Å². The molecule has 142 valence electrons. The lowest BCUT2D eigenvalue weighted by Gasteiger charge is -2.37. The minimum absolute atomic E-state index is 0.0408. The maximum atomic E-state index is 9.94. The predicted molar refractivity (Wildman–Crippen MR) is 94.9 cm³/mol. The maximum Gasteiger partial charge on any atom is 0.114 e. The van der Waals surface area contributed by atoms with Crippen molar-refractivity contribution in [3.8, 4) is 0 Å². The van der Waals surface area contributed by atoms with Gasteiger partial charge in [-0.3, -0.25) is 0 Å². The quantitative estimate of drug-likeness (QED) is 0.353. The van der Waals surface area contributed by atoms with E-state index in [1.807, 2.05) is 0 Å². The lowest BCUT2D eigenvalue weighted by Crippen LogP contribution is -2.55. The zero-order chi connectivity index (χ0) is 17.6. The van der Waals surface area contributed by atoms with Crippen molar-refractivity contribution >= 4 is 0 Å². The van der Waals surface area contributed by atoms with Gasteiger partial charge in [-0.05, 0) is 25.7 Å². The minimum Gasteiger partial charge on any atom is -0.394 e. The number of unbranched alkanes of at least 4 members (excludes halogenated alkanes) is 7. The first kappa shape index (κ1) is 21.6. The van der Waals surface area contributed by atoms with E-state index in [0.29, 0.717) is 6.61 Å². The first-order chi connectivity index (χ1) is 11.7. The van der Waals surface area contributed by atoms with Gasteiger partial charge in [0.1, 0.15) is 24.4 Å². The van der Waals surface area contributed by atoms with Gasteiger partial charge in [-0.1, -0.05) is 51.2 Å². The van der Waals surface area contributed by atoms with Crippen LogP contribution in [0.25, 0.3) is 0 Å². The molecule has 0 aromatic heterocycles. The second kappa shape index (κ2) is 13.8. The number of hydrogen-bond acceptors (Lipinski definition) is 5. The van der Waals surface area contributed by atoms with E-state index in [-0.39, 0.29) is 13.2 Å². The van der Waals surface area contributed by atoms with Crippen LogP contribution in [0.1, 0.15) is 64.7 Å². The Balaban J connectivity index is 2.00. The Kier molecular flexibility index (Phi) is 12.4. The third-order valence-electron chi connectivity index (χ3n) is 4.47. The third-order valence-corrected chi connectivity index (χ3v) is 4.47. The first-order valence-corrected chi connectivity index (χ1v) is 9.55. The second-order valence-corrected chi connectivity index (χ2v) is 6.62. The molecule has 0 radical (unpaired) electrons. The fourth-order valence-electron chi connectivity index (χ4n) is 2.89. The normalized spacial score (nSPS) is 27.8. The van der Waals surface area contributed by atoms with Crippen molar-refractivity contribution in [3.63, 3.8) is 0 Å². The summed E-state index contributed by atoms with van der Waals surface area (Å²) in [5.41, 5.74) is 0. The molecule has 1 heterocycles. The number of allylic oxidation sites excluding steroid dienone is 2. The van der Waals surface area contributed by atoms with Crippen molar-refractivity contribution in [2.24, 2.45) is 0 Å². The van der Waals surface area contributed by atoms with Crippen LogP contribution in [-0.2, 0) is 9.47 Å². The van der Waals surface area contributed by atoms with E-state index in [9.17, 15) is 15.3 Å². The molecule has 24 heavy (non-hydrogen) atoms. The van der Waals surface area contributed by atoms with Crippen molar-refractivity contribution in [2.45, 2.75) is 89.1 Å². The number of hydrogen-bond donors (Lipinski definition) is 3. The lowest BCUT2D eigenvalue weighted by atomic mass is 10.0. The van der Waals surface area contributed by atoms with Gasteiger partial charge in [0.25, 0.3) is 0 Å². The van der Waals surface area contributed by atoms with Crippen molar-refractivity contribution < 1.29 is 24.8 Å². The molecule has 1 saturated heterocycles. The van der Waals surface area contributed by atoms with Crippen LogP contribution in [0.5, 0.6) is 0 Å². The average molecular weight is 344 g/mol. The van der Waals surface area contributed by atoms with E-state index >= 15 is 0 Å². The fraction of sp³-hybridized carbons (Fsp3) is 0.895. The van der Waals surface area contributed by atoms with Crippen molar-refractivity contribution in [1.29, 1.82) is 0 Å². The topological polar surface area (TPSA) is 79.2 Å². The molecule has 0 unspecified atom stereocenters. The summed E-state index contributed by atoms with van der Waals surface area (Å²) in [6.45, 7) is 2.57. The van der Waals surface area contributed by atoms with Crippen molar-refractivity contribution in [2.75, 3.05) is 19.8 Å². The Hall–Kier alpha value is -0.460. The van der Waals surface area contributed by atoms with Crippen LogP contribution in [0.3, 0.4) is 0 Å². The highest BCUT2D eigenvalue weighted by Gasteiger charge is 2.39. The van der Waals surface area contributed by atoms with E-state index in [1.54, 1.807) is 0 Å². The molecule has 1 aliphatic heterocycles. The molecule has 0 saturated carbocycles. The van der Waals surface area contributed by atoms with Gasteiger partial charge in [0.15, 0.2) is 0 Å². The van der Waals surface area contributed by atoms with Gasteiger partial charge in [0.2, 0.25) is 0 Å². The summed E-state index contributed by atoms with van der Waals surface area (Å²) in [7, 11) is 0. The Morgan fingerprint density at radius 2 is 1.67 bits per heavy atom. The molecule has 0 bridgehead atoms. The average Bonchev–Trinajstić information content (AvgIpc) is 2.59. The molecule has 4 atom stereocenters. The largest absolute Gasteiger partial charge is 0.394 e. The Bertz CT molecular complexity index is 319. The van der Waals surface area contributed by atoms with E-state index in [1.165, 1.54) is 44.9 Å². The minimum atomic E-state index is -0.990. The Morgan fingerprint density at radius 3 is 2.38 bits per heavy atom. The summed E-state index contributed by atoms with van der Waals surface area (Å²) in [4.78, 5) is 0. The van der Waals surface area contributed by atoms with E-state index < -0.39 is 24.4 Å². The predicted octanol–water partition coefficient (Wildman–Crippen LogP) is 2.57. The second-order valence-electron chi connectivity index (χ2n) is 6.62. The summed E-state index contributed by atoms with van der Waals surface area (Å²) in [6, 6.07) is 0. The molecule has 1 fully saturated rings. The summed E-state index contributed by atoms with van der Waals surface area (Å²) < 4.78 is 10.9. The monoisotopic (exact) mass is 344 g/mol. The zero-order valence-electron chi connectivity index (χ0n) is 15.1. The fourth-order valence-corrected chi connectivity index (χ4v) is 2.89. The molecule has 1 rings (SSSR count). The van der Waals surface area contributed by atoms with Crippen LogP contribution < -0.4 is 0 Å². The molecule has 1 aliphatic rings. The van der Waals surface area contributed by atoms with Crippen LogP contribution in [0.15, 0.2) is 12.2 Å². The molecule has 5 heteroatoms. The zero-order valence-corrected chi connectivity index (χ0v) is 15.1. The van der Waals surface area contributed by atoms with E-state index in [4.69, 9.17) is 9.47 Å². The Morgan fingerprint density at radius 1 is 1.00 bits per heavy atom. The first-order valence-electron chi connectivity index (χ1n) is 9.55. The number of aliphatic hydroxyl groups is 3. The van der Waals surface area contributed by atoms with Gasteiger partial charge in [-0.2, -0.15) is 0 Å². The summed E-state index contributed by atoms with van der Waals surface area (Å²) in [5, 5.41) is 28.8. The smallest absolute Gasteiger partial charge is 0.114 e. The highest BCUT2D eigenvalue weighted by atomic mass is 16.6. The van der Waals surface area contributed by atoms with Gasteiger partial charge in [-0.15, -0.1) is 0 Å². The van der Waals surface area contributed by atoms with Gasteiger partial charge in [-0.25, -0.2) is 0 Å². The molecule has 0 aromatic carbocycles. The summed E-state index contributed by atoms with van der Waals surface area (Å²) in [6.07, 6.45) is 12.0. The summed E-state index contributed by atoms with van der Waals surface area (Å²) in [5.74, 6) is 0. The van der Waals surface area contributed by atoms with Crippen LogP contribution >= 0.6 is 0 Å². The van der Waals surface area contributed by atoms with Gasteiger partial charge in [0.05, 0.1) is 13.2 Å². The standard InChI is InChI=1S/C19H36O5/c1-2-3-4-5-6-7-8-9-10-11-12-13-23-19-17(14-20)24-15-16(21)18(19)22/h5-6,16-22H,2-4,7-15H2,1H3/b6-5+/t16-,17+,18+,19+/m1/s1. The van der Waals surface area contributed by atoms with E-state index in [0.717, 1.165) is 12.8 Å². The molecule has 3 N–H and O–H groups in total. The van der Waals surface area contributed by atoms with Crippen LogP contribution in [0, 0.1) is 0 Å². The van der Waals surface area contributed by atoms with Gasteiger partial charge in [0, 0.05) is 6.61 Å². The van der Waals surface area contributed by atoms with Crippen molar-refractivity contribution in [1.82, 2.24) is 0 Å². The third kappa shape index (κ3) is 8.58. The highest BCUT2D eigenvalue weighted by Crippen LogP contribution is 2.19. The maximum absolute atomic E-state index is 9.94. The SMILES string of the molecule is CCCC/C=C/CCCCCCCO[C@@H]1[C@@H](O)[C@H](O)CO[C@H]1CO. The van der Waals surface area contributed by atoms with Crippen LogP contribution in [0.4, 0.5) is 0 Å². The number of ether oxygens (including phenoxy) is 2. The molecule has 0 aliphatic carbocycles. The van der Waals surface area contributed by atoms with Crippen LogP contribution in [0.2, 0.25) is 0 Å². The van der Waals surface area contributed by atoms with E-state index in [2.05, 4.69) is 19.1 Å². The van der Waals surface area contributed by atoms with Gasteiger partial charge >= 0.3 is 0 Å². The summed E-state index contributed by atoms with van der Waals surface area (Å²) >= 11 is 0. The molecule has 0 spiro atoms. The molecular formula is C19H36O5. The van der Waals surface area contributed by atoms with Crippen LogP contribution in [-0.4, -0.2) is 59.6 Å². The molecule has 5 nitrogen and oxygen atoms in total. The molecule has 0 amide bonds. The molecular weight excluding hydrogens is 308 g/mol. The highest BCUT2D eigenvalue weighted by molar-refractivity contribution is 4.87. The Labute approximate surface area is 146 Å².